The number of nitrogens with one attached hydrogen (secondary N) is 3. The summed E-state index contributed by atoms with van der Waals surface area (Å²) in [5.41, 5.74) is 1.37. The minimum atomic E-state index is -4.55. The van der Waals surface area contributed by atoms with Gasteiger partial charge in [0.2, 0.25) is 0 Å². The van der Waals surface area contributed by atoms with Crippen molar-refractivity contribution in [3.63, 3.8) is 0 Å². The highest BCUT2D eigenvalue weighted by Crippen LogP contribution is 2.34. The van der Waals surface area contributed by atoms with Crippen LogP contribution in [-0.2, 0) is 6.18 Å². The summed E-state index contributed by atoms with van der Waals surface area (Å²) in [5, 5.41) is 14.5. The molecule has 6 nitrogen and oxygen atoms in total. The van der Waals surface area contributed by atoms with E-state index in [9.17, 15) is 18.0 Å². The van der Waals surface area contributed by atoms with Gasteiger partial charge in [-0.1, -0.05) is 48.0 Å². The van der Waals surface area contributed by atoms with E-state index < -0.39 is 11.9 Å². The predicted molar refractivity (Wildman–Crippen MR) is 133 cm³/mol. The van der Waals surface area contributed by atoms with Crippen LogP contribution in [0.1, 0.15) is 41.9 Å². The number of hydrogen-bond donors (Lipinski definition) is 3. The average molecular weight is 514 g/mol. The van der Waals surface area contributed by atoms with E-state index in [1.807, 2.05) is 18.2 Å². The third-order valence-corrected chi connectivity index (χ3v) is 6.68. The van der Waals surface area contributed by atoms with E-state index in [1.54, 1.807) is 36.4 Å². The Bertz CT molecular complexity index is 1400. The molecule has 3 N–H and O–H groups in total. The second kappa shape index (κ2) is 9.81. The maximum absolute atomic E-state index is 13.4. The normalized spacial score (nSPS) is 18.2. The summed E-state index contributed by atoms with van der Waals surface area (Å²) in [5.74, 6) is -0.316. The SMILES string of the molecule is O=C(N[C@@H]1CCC[C@H](Nc2cc(C(F)(F)F)nc3ccccc23)C1)c1cc(-c2ccccc2Cl)[nH]n1. The van der Waals surface area contributed by atoms with E-state index in [0.717, 1.165) is 30.9 Å². The number of rotatable bonds is 5. The number of benzene rings is 2. The van der Waals surface area contributed by atoms with Crippen molar-refractivity contribution in [2.24, 2.45) is 0 Å². The second-order valence-corrected chi connectivity index (χ2v) is 9.30. The first-order valence-electron chi connectivity index (χ1n) is 11.6. The summed E-state index contributed by atoms with van der Waals surface area (Å²) in [6.45, 7) is 0. The molecule has 1 aliphatic carbocycles. The molecule has 0 bridgehead atoms. The molecule has 36 heavy (non-hydrogen) atoms. The number of nitrogens with zero attached hydrogens (tertiary/aromatic N) is 2. The van der Waals surface area contributed by atoms with Gasteiger partial charge in [-0.15, -0.1) is 0 Å². The molecule has 1 fully saturated rings. The number of H-pyrrole nitrogens is 1. The molecule has 0 unspecified atom stereocenters. The van der Waals surface area contributed by atoms with Crippen molar-refractivity contribution in [1.82, 2.24) is 20.5 Å². The first-order valence-corrected chi connectivity index (χ1v) is 12.0. The van der Waals surface area contributed by atoms with Crippen LogP contribution in [0.5, 0.6) is 0 Å². The fourth-order valence-electron chi connectivity index (χ4n) is 4.63. The second-order valence-electron chi connectivity index (χ2n) is 8.89. The molecule has 1 amide bonds. The fourth-order valence-corrected chi connectivity index (χ4v) is 4.86. The molecule has 0 spiro atoms. The number of aromatic amines is 1. The van der Waals surface area contributed by atoms with Crippen molar-refractivity contribution in [2.75, 3.05) is 5.32 Å². The first kappa shape index (κ1) is 24.1. The number of halogens is 4. The van der Waals surface area contributed by atoms with Crippen LogP contribution in [-0.4, -0.2) is 33.2 Å². The molecular formula is C26H23ClF3N5O. The molecular weight excluding hydrogens is 491 g/mol. The van der Waals surface area contributed by atoms with E-state index >= 15 is 0 Å². The molecule has 1 saturated carbocycles. The molecule has 2 heterocycles. The number of aromatic nitrogens is 3. The molecule has 2 atom stereocenters. The van der Waals surface area contributed by atoms with Crippen LogP contribution in [0, 0.1) is 0 Å². The van der Waals surface area contributed by atoms with Crippen molar-refractivity contribution in [1.29, 1.82) is 0 Å². The molecule has 186 valence electrons. The average Bonchev–Trinajstić information content (AvgIpc) is 3.34. The van der Waals surface area contributed by atoms with Crippen molar-refractivity contribution >= 4 is 34.1 Å². The van der Waals surface area contributed by atoms with Crippen LogP contribution < -0.4 is 10.6 Å². The van der Waals surface area contributed by atoms with Gasteiger partial charge in [0, 0.05) is 33.7 Å². The lowest BCUT2D eigenvalue weighted by molar-refractivity contribution is -0.140. The Morgan fingerprint density at radius 1 is 1.03 bits per heavy atom. The molecule has 2 aromatic heterocycles. The molecule has 10 heteroatoms. The van der Waals surface area contributed by atoms with Crippen molar-refractivity contribution in [3.8, 4) is 11.3 Å². The highest BCUT2D eigenvalue weighted by Gasteiger charge is 2.34. The lowest BCUT2D eigenvalue weighted by Gasteiger charge is -2.31. The number of para-hydroxylation sites is 1. The highest BCUT2D eigenvalue weighted by atomic mass is 35.5. The van der Waals surface area contributed by atoms with Gasteiger partial charge in [-0.25, -0.2) is 4.98 Å². The Balaban J connectivity index is 1.29. The first-order chi connectivity index (χ1) is 17.3. The van der Waals surface area contributed by atoms with Gasteiger partial charge >= 0.3 is 6.18 Å². The number of carbonyl (C=O) groups excluding carboxylic acids is 1. The molecule has 1 aliphatic rings. The van der Waals surface area contributed by atoms with Gasteiger partial charge in [-0.05, 0) is 49.9 Å². The summed E-state index contributed by atoms with van der Waals surface area (Å²) >= 11 is 6.24. The third kappa shape index (κ3) is 5.16. The lowest BCUT2D eigenvalue weighted by atomic mass is 9.90. The van der Waals surface area contributed by atoms with Gasteiger partial charge in [-0.3, -0.25) is 9.89 Å². The zero-order chi connectivity index (χ0) is 25.3. The zero-order valence-corrected chi connectivity index (χ0v) is 19.8. The Labute approximate surface area is 210 Å². The van der Waals surface area contributed by atoms with Crippen molar-refractivity contribution in [3.05, 3.63) is 77.1 Å². The van der Waals surface area contributed by atoms with Gasteiger partial charge in [-0.2, -0.15) is 18.3 Å². The minimum absolute atomic E-state index is 0.103. The zero-order valence-electron chi connectivity index (χ0n) is 19.1. The predicted octanol–water partition coefficient (Wildman–Crippen LogP) is 6.45. The van der Waals surface area contributed by atoms with Crippen molar-refractivity contribution in [2.45, 2.75) is 43.9 Å². The quantitative estimate of drug-likeness (QED) is 0.286. The Kier molecular flexibility index (Phi) is 6.57. The van der Waals surface area contributed by atoms with Crippen molar-refractivity contribution < 1.29 is 18.0 Å². The summed E-state index contributed by atoms with van der Waals surface area (Å²) in [7, 11) is 0. The van der Waals surface area contributed by atoms with Gasteiger partial charge < -0.3 is 10.6 Å². The molecule has 0 radical (unpaired) electrons. The van der Waals surface area contributed by atoms with E-state index in [2.05, 4.69) is 25.8 Å². The smallest absolute Gasteiger partial charge is 0.382 e. The summed E-state index contributed by atoms with van der Waals surface area (Å²) in [6, 6.07) is 16.5. The largest absolute Gasteiger partial charge is 0.433 e. The Hall–Kier alpha value is -3.59. The Morgan fingerprint density at radius 3 is 2.58 bits per heavy atom. The molecule has 4 aromatic rings. The molecule has 0 aliphatic heterocycles. The molecule has 0 saturated heterocycles. The van der Waals surface area contributed by atoms with E-state index in [1.165, 1.54) is 0 Å². The standard InChI is InChI=1S/C26H23ClF3N5O/c27-19-10-3-1-8-17(19)22-13-23(35-34-22)25(36)32-16-7-5-6-15(12-16)31-21-14-24(26(28,29)30)33-20-11-4-2-9-18(20)21/h1-4,8-11,13-16H,5-7,12H2,(H,31,33)(H,32,36)(H,34,35)/t15-,16+/m0/s1. The minimum Gasteiger partial charge on any atom is -0.382 e. The number of alkyl halides is 3. The van der Waals surface area contributed by atoms with Crippen LogP contribution in [0.4, 0.5) is 18.9 Å². The van der Waals surface area contributed by atoms with Crippen LogP contribution in [0.3, 0.4) is 0 Å². The summed E-state index contributed by atoms with van der Waals surface area (Å²) in [6.07, 6.45) is -1.59. The Morgan fingerprint density at radius 2 is 1.78 bits per heavy atom. The number of carbonyl (C=O) groups is 1. The molecule has 5 rings (SSSR count). The summed E-state index contributed by atoms with van der Waals surface area (Å²) in [4.78, 5) is 16.6. The molecule has 2 aromatic carbocycles. The summed E-state index contributed by atoms with van der Waals surface area (Å²) < 4.78 is 40.3. The number of fused-ring (bicyclic) bond motifs is 1. The maximum Gasteiger partial charge on any atom is 0.433 e. The lowest BCUT2D eigenvalue weighted by Crippen LogP contribution is -2.42. The van der Waals surface area contributed by atoms with Crippen LogP contribution in [0.15, 0.2) is 60.7 Å². The fraction of sp³-hybridized carbons (Fsp3) is 0.269. The number of pyridine rings is 1. The van der Waals surface area contributed by atoms with E-state index in [4.69, 9.17) is 11.6 Å². The number of hydrogen-bond acceptors (Lipinski definition) is 4. The topological polar surface area (TPSA) is 82.7 Å². The van der Waals surface area contributed by atoms with Crippen LogP contribution in [0.25, 0.3) is 22.2 Å². The van der Waals surface area contributed by atoms with Gasteiger partial charge in [0.05, 0.1) is 11.2 Å². The van der Waals surface area contributed by atoms with Crippen LogP contribution in [0.2, 0.25) is 5.02 Å². The van der Waals surface area contributed by atoms with Crippen LogP contribution >= 0.6 is 11.6 Å². The van der Waals surface area contributed by atoms with Gasteiger partial charge in [0.1, 0.15) is 5.69 Å². The van der Waals surface area contributed by atoms with E-state index in [-0.39, 0.29) is 29.2 Å². The van der Waals surface area contributed by atoms with Gasteiger partial charge in [0.15, 0.2) is 5.69 Å². The highest BCUT2D eigenvalue weighted by molar-refractivity contribution is 6.33. The maximum atomic E-state index is 13.4. The monoisotopic (exact) mass is 513 g/mol. The number of amides is 1. The van der Waals surface area contributed by atoms with E-state index in [0.29, 0.717) is 28.2 Å². The van der Waals surface area contributed by atoms with Gasteiger partial charge in [0.25, 0.3) is 5.91 Å². The number of anilines is 1. The third-order valence-electron chi connectivity index (χ3n) is 6.35.